The Morgan fingerprint density at radius 2 is 1.96 bits per heavy atom. The van der Waals surface area contributed by atoms with Crippen LogP contribution >= 0.6 is 0 Å². The van der Waals surface area contributed by atoms with Crippen molar-refractivity contribution >= 4 is 15.9 Å². The number of benzene rings is 1. The van der Waals surface area contributed by atoms with Crippen LogP contribution in [-0.2, 0) is 14.8 Å². The van der Waals surface area contributed by atoms with Gasteiger partial charge in [0.2, 0.25) is 15.9 Å². The van der Waals surface area contributed by atoms with Crippen LogP contribution in [0.1, 0.15) is 36.4 Å². The van der Waals surface area contributed by atoms with Gasteiger partial charge in [-0.1, -0.05) is 36.2 Å². The Morgan fingerprint density at radius 3 is 2.52 bits per heavy atom. The number of carbonyl (C=O) groups is 1. The zero-order chi connectivity index (χ0) is 16.9. The molecule has 4 N–H and O–H groups in total. The summed E-state index contributed by atoms with van der Waals surface area (Å²) in [4.78, 5) is 12.0. The molecule has 128 valence electrons. The summed E-state index contributed by atoms with van der Waals surface area (Å²) in [5.74, 6) is -0.0381. The van der Waals surface area contributed by atoms with Crippen LogP contribution in [0.4, 0.5) is 0 Å². The van der Waals surface area contributed by atoms with Crippen molar-refractivity contribution in [2.24, 2.45) is 11.7 Å². The van der Waals surface area contributed by atoms with Gasteiger partial charge in [0, 0.05) is 13.1 Å². The van der Waals surface area contributed by atoms with Crippen molar-refractivity contribution in [1.82, 2.24) is 10.0 Å². The summed E-state index contributed by atoms with van der Waals surface area (Å²) in [7, 11) is -3.35. The lowest BCUT2D eigenvalue weighted by Crippen LogP contribution is -2.40. The van der Waals surface area contributed by atoms with E-state index >= 15 is 0 Å². The number of nitrogens with two attached hydrogens (primary N) is 1. The highest BCUT2D eigenvalue weighted by atomic mass is 32.2. The van der Waals surface area contributed by atoms with Crippen molar-refractivity contribution in [1.29, 1.82) is 0 Å². The molecule has 0 saturated heterocycles. The second kappa shape index (κ2) is 7.90. The fourth-order valence-corrected chi connectivity index (χ4v) is 3.36. The molecular weight excluding hydrogens is 314 g/mol. The van der Waals surface area contributed by atoms with Gasteiger partial charge >= 0.3 is 0 Å². The summed E-state index contributed by atoms with van der Waals surface area (Å²) in [6.45, 7) is 2.51. The van der Waals surface area contributed by atoms with Gasteiger partial charge in [0.15, 0.2) is 0 Å². The molecule has 6 nitrogen and oxygen atoms in total. The lowest BCUT2D eigenvalue weighted by atomic mass is 9.86. The van der Waals surface area contributed by atoms with E-state index in [4.69, 9.17) is 5.73 Å². The Morgan fingerprint density at radius 1 is 1.30 bits per heavy atom. The van der Waals surface area contributed by atoms with Gasteiger partial charge in [-0.3, -0.25) is 4.79 Å². The molecule has 0 spiro atoms. The van der Waals surface area contributed by atoms with Gasteiger partial charge in [-0.25, -0.2) is 13.1 Å². The Hall–Kier alpha value is -1.44. The molecule has 1 aromatic carbocycles. The van der Waals surface area contributed by atoms with Gasteiger partial charge in [-0.15, -0.1) is 0 Å². The number of amides is 1. The number of sulfonamides is 1. The highest BCUT2D eigenvalue weighted by Gasteiger charge is 2.21. The molecule has 2 rings (SSSR count). The first-order valence-corrected chi connectivity index (χ1v) is 9.60. The maximum Gasteiger partial charge on any atom is 0.241 e. The van der Waals surface area contributed by atoms with Crippen LogP contribution in [0.3, 0.4) is 0 Å². The third kappa shape index (κ3) is 5.60. The number of hydrogen-bond donors (Lipinski definition) is 3. The molecule has 1 aliphatic rings. The van der Waals surface area contributed by atoms with Crippen LogP contribution in [0.2, 0.25) is 0 Å². The third-order valence-corrected chi connectivity index (χ3v) is 5.55. The van der Waals surface area contributed by atoms with E-state index in [1.807, 2.05) is 19.1 Å². The summed E-state index contributed by atoms with van der Waals surface area (Å²) < 4.78 is 26.3. The monoisotopic (exact) mass is 339 g/mol. The van der Waals surface area contributed by atoms with Gasteiger partial charge in [-0.05, 0) is 31.2 Å². The average Bonchev–Trinajstić information content (AvgIpc) is 2.45. The number of aryl methyl sites for hydroxylation is 1. The van der Waals surface area contributed by atoms with Crippen molar-refractivity contribution < 1.29 is 13.2 Å². The van der Waals surface area contributed by atoms with Gasteiger partial charge in [-0.2, -0.15) is 0 Å². The summed E-state index contributed by atoms with van der Waals surface area (Å²) in [5, 5.41) is 2.58. The van der Waals surface area contributed by atoms with Crippen LogP contribution in [0, 0.1) is 12.8 Å². The van der Waals surface area contributed by atoms with Crippen molar-refractivity contribution in [2.45, 2.75) is 32.2 Å². The minimum Gasteiger partial charge on any atom is -0.353 e. The largest absolute Gasteiger partial charge is 0.353 e. The first kappa shape index (κ1) is 17.9. The normalized spacial score (nSPS) is 16.6. The Balaban J connectivity index is 1.73. The molecule has 1 unspecified atom stereocenters. The molecular formula is C16H25N3O3S. The van der Waals surface area contributed by atoms with Crippen LogP contribution in [0.15, 0.2) is 24.3 Å². The topological polar surface area (TPSA) is 101 Å². The second-order valence-corrected chi connectivity index (χ2v) is 8.07. The summed E-state index contributed by atoms with van der Waals surface area (Å²) >= 11 is 0. The summed E-state index contributed by atoms with van der Waals surface area (Å²) in [5.41, 5.74) is 7.68. The number of nitrogens with one attached hydrogen (secondary N) is 2. The lowest BCUT2D eigenvalue weighted by Gasteiger charge is -2.25. The van der Waals surface area contributed by atoms with E-state index in [1.165, 1.54) is 6.42 Å². The third-order valence-electron chi connectivity index (χ3n) is 4.21. The van der Waals surface area contributed by atoms with Crippen LogP contribution in [0.5, 0.6) is 0 Å². The maximum absolute atomic E-state index is 12.0. The van der Waals surface area contributed by atoms with Gasteiger partial charge in [0.25, 0.3) is 0 Å². The molecule has 0 bridgehead atoms. The first-order chi connectivity index (χ1) is 10.9. The van der Waals surface area contributed by atoms with E-state index in [9.17, 15) is 13.2 Å². The zero-order valence-electron chi connectivity index (χ0n) is 13.4. The van der Waals surface area contributed by atoms with Crippen molar-refractivity contribution in [2.75, 3.05) is 18.8 Å². The van der Waals surface area contributed by atoms with E-state index in [0.29, 0.717) is 18.0 Å². The molecule has 1 saturated carbocycles. The van der Waals surface area contributed by atoms with Crippen molar-refractivity contribution in [3.8, 4) is 0 Å². The van der Waals surface area contributed by atoms with E-state index in [2.05, 4.69) is 10.0 Å². The lowest BCUT2D eigenvalue weighted by molar-refractivity contribution is -0.122. The molecule has 0 heterocycles. The zero-order valence-corrected chi connectivity index (χ0v) is 14.2. The fraction of sp³-hybridized carbons (Fsp3) is 0.562. The van der Waals surface area contributed by atoms with Crippen molar-refractivity contribution in [3.05, 3.63) is 35.4 Å². The van der Waals surface area contributed by atoms with Crippen molar-refractivity contribution in [3.63, 3.8) is 0 Å². The minimum absolute atomic E-state index is 0.0540. The predicted octanol–water partition coefficient (Wildman–Crippen LogP) is 0.831. The highest BCUT2D eigenvalue weighted by molar-refractivity contribution is 7.89. The summed E-state index contributed by atoms with van der Waals surface area (Å²) in [6, 6.07) is 6.59. The Kier molecular flexibility index (Phi) is 6.15. The molecule has 1 aliphatic carbocycles. The highest BCUT2D eigenvalue weighted by Crippen LogP contribution is 2.25. The predicted molar refractivity (Wildman–Crippen MR) is 90.2 cm³/mol. The minimum atomic E-state index is -3.35. The molecule has 0 aromatic heterocycles. The van der Waals surface area contributed by atoms with Crippen LogP contribution in [0.25, 0.3) is 0 Å². The van der Waals surface area contributed by atoms with E-state index < -0.39 is 16.1 Å². The molecule has 1 atom stereocenters. The van der Waals surface area contributed by atoms with E-state index in [-0.39, 0.29) is 18.2 Å². The Labute approximate surface area is 137 Å². The quantitative estimate of drug-likeness (QED) is 0.653. The first-order valence-electron chi connectivity index (χ1n) is 7.94. The molecule has 23 heavy (non-hydrogen) atoms. The maximum atomic E-state index is 12.0. The number of carbonyl (C=O) groups excluding carboxylic acids is 1. The van der Waals surface area contributed by atoms with E-state index in [0.717, 1.165) is 18.4 Å². The molecule has 7 heteroatoms. The van der Waals surface area contributed by atoms with Gasteiger partial charge in [0.1, 0.15) is 6.04 Å². The molecule has 1 amide bonds. The Bertz CT molecular complexity index is 624. The summed E-state index contributed by atoms with van der Waals surface area (Å²) in [6.07, 6.45) is 3.36. The second-order valence-electron chi connectivity index (χ2n) is 6.14. The van der Waals surface area contributed by atoms with Crippen LogP contribution in [-0.4, -0.2) is 33.2 Å². The fourth-order valence-electron chi connectivity index (χ4n) is 2.36. The average molecular weight is 339 g/mol. The smallest absolute Gasteiger partial charge is 0.241 e. The van der Waals surface area contributed by atoms with E-state index in [1.54, 1.807) is 12.1 Å². The van der Waals surface area contributed by atoms with Gasteiger partial charge < -0.3 is 11.1 Å². The molecule has 0 radical (unpaired) electrons. The number of rotatable bonds is 8. The SMILES string of the molecule is Cc1ccc(C(N)C(=O)NCCS(=O)(=O)NCC2CCC2)cc1. The standard InChI is InChI=1S/C16H25N3O3S/c1-12-5-7-14(8-6-12)15(17)16(20)18-9-10-23(21,22)19-11-13-3-2-4-13/h5-8,13,15,19H,2-4,9-11,17H2,1H3,(H,18,20). The molecule has 0 aliphatic heterocycles. The van der Waals surface area contributed by atoms with Crippen LogP contribution < -0.4 is 15.8 Å². The molecule has 1 fully saturated rings. The number of hydrogen-bond acceptors (Lipinski definition) is 4. The van der Waals surface area contributed by atoms with Gasteiger partial charge in [0.05, 0.1) is 5.75 Å². The molecule has 1 aromatic rings.